The molecule has 0 saturated carbocycles. The highest BCUT2D eigenvalue weighted by Crippen LogP contribution is 2.07. The Morgan fingerprint density at radius 1 is 1.19 bits per heavy atom. The Bertz CT molecular complexity index is 303. The van der Waals surface area contributed by atoms with Gasteiger partial charge in [0.25, 0.3) is 10.1 Å². The average Bonchev–Trinajstić information content (AvgIpc) is 2.20. The number of nitrogens with zero attached hydrogens (tertiary/aromatic N) is 2. The van der Waals surface area contributed by atoms with Gasteiger partial charge in [0.1, 0.15) is 0 Å². The van der Waals surface area contributed by atoms with Crippen LogP contribution in [0.15, 0.2) is 0 Å². The van der Waals surface area contributed by atoms with Gasteiger partial charge in [-0.05, 0) is 0 Å². The predicted octanol–water partition coefficient (Wildman–Crippen LogP) is -1.22. The zero-order valence-electron chi connectivity index (χ0n) is 8.92. The number of halogens is 1. The number of rotatable bonds is 5. The zero-order valence-corrected chi connectivity index (χ0v) is 9.74. The largest absolute Gasteiger partial charge is 0.395 e. The molecule has 0 aliphatic carbocycles. The van der Waals surface area contributed by atoms with Crippen molar-refractivity contribution in [3.63, 3.8) is 0 Å². The average molecular weight is 256 g/mol. The van der Waals surface area contributed by atoms with Gasteiger partial charge >= 0.3 is 0 Å². The maximum absolute atomic E-state index is 13.0. The second-order valence-corrected chi connectivity index (χ2v) is 5.33. The summed E-state index contributed by atoms with van der Waals surface area (Å²) in [4.78, 5) is 3.66. The van der Waals surface area contributed by atoms with Crippen LogP contribution in [-0.4, -0.2) is 79.3 Å². The molecule has 96 valence electrons. The molecule has 0 bridgehead atoms. The van der Waals surface area contributed by atoms with Crippen molar-refractivity contribution in [2.45, 2.75) is 5.50 Å². The van der Waals surface area contributed by atoms with Crippen LogP contribution >= 0.6 is 0 Å². The summed E-state index contributed by atoms with van der Waals surface area (Å²) in [6.07, 6.45) is 0. The Morgan fingerprint density at radius 2 is 1.69 bits per heavy atom. The van der Waals surface area contributed by atoms with E-state index in [1.165, 1.54) is 0 Å². The molecule has 1 fully saturated rings. The molecule has 1 heterocycles. The van der Waals surface area contributed by atoms with Crippen molar-refractivity contribution in [2.75, 3.05) is 45.9 Å². The van der Waals surface area contributed by atoms with Crippen molar-refractivity contribution in [1.82, 2.24) is 9.80 Å². The Kier molecular flexibility index (Phi) is 5.06. The molecule has 0 spiro atoms. The van der Waals surface area contributed by atoms with Crippen LogP contribution in [0.1, 0.15) is 0 Å². The standard InChI is InChI=1S/C8H17FN2O4S/c9-8(16(13,14)15)7-11-3-1-10(2-4-11)5-6-12/h8,12H,1-7H2,(H,13,14,15). The van der Waals surface area contributed by atoms with E-state index in [4.69, 9.17) is 9.66 Å². The first kappa shape index (κ1) is 13.8. The van der Waals surface area contributed by atoms with Crippen molar-refractivity contribution in [3.8, 4) is 0 Å². The molecule has 1 rings (SSSR count). The summed E-state index contributed by atoms with van der Waals surface area (Å²) < 4.78 is 42.5. The van der Waals surface area contributed by atoms with Crippen LogP contribution in [0.4, 0.5) is 4.39 Å². The summed E-state index contributed by atoms with van der Waals surface area (Å²) in [5.41, 5.74) is -2.24. The van der Waals surface area contributed by atoms with Crippen LogP contribution in [0, 0.1) is 0 Å². The monoisotopic (exact) mass is 256 g/mol. The van der Waals surface area contributed by atoms with Gasteiger partial charge in [-0.2, -0.15) is 8.42 Å². The molecule has 1 aliphatic rings. The highest BCUT2D eigenvalue weighted by atomic mass is 32.2. The summed E-state index contributed by atoms with van der Waals surface area (Å²) in [7, 11) is -4.59. The van der Waals surface area contributed by atoms with Gasteiger partial charge < -0.3 is 5.11 Å². The summed E-state index contributed by atoms with van der Waals surface area (Å²) in [5, 5.41) is 8.71. The van der Waals surface area contributed by atoms with Gasteiger partial charge in [-0.15, -0.1) is 0 Å². The molecule has 8 heteroatoms. The third-order valence-corrected chi connectivity index (χ3v) is 3.40. The molecule has 0 aromatic carbocycles. The number of alkyl halides is 1. The first-order chi connectivity index (χ1) is 7.43. The van der Waals surface area contributed by atoms with Gasteiger partial charge in [-0.25, -0.2) is 4.39 Å². The Morgan fingerprint density at radius 3 is 2.12 bits per heavy atom. The lowest BCUT2D eigenvalue weighted by atomic mass is 10.3. The minimum absolute atomic E-state index is 0.0801. The van der Waals surface area contributed by atoms with E-state index < -0.39 is 15.6 Å². The van der Waals surface area contributed by atoms with E-state index in [1.807, 2.05) is 4.90 Å². The van der Waals surface area contributed by atoms with E-state index in [0.29, 0.717) is 32.7 Å². The predicted molar refractivity (Wildman–Crippen MR) is 56.4 cm³/mol. The fourth-order valence-corrected chi connectivity index (χ4v) is 2.03. The van der Waals surface area contributed by atoms with Gasteiger partial charge in [0, 0.05) is 39.3 Å². The third kappa shape index (κ3) is 4.30. The SMILES string of the molecule is O=S(=O)(O)C(F)CN1CCN(CCO)CC1. The molecule has 1 unspecified atom stereocenters. The molecule has 1 atom stereocenters. The van der Waals surface area contributed by atoms with Crippen LogP contribution < -0.4 is 0 Å². The highest BCUT2D eigenvalue weighted by molar-refractivity contribution is 7.86. The van der Waals surface area contributed by atoms with Crippen LogP contribution in [-0.2, 0) is 10.1 Å². The molecule has 16 heavy (non-hydrogen) atoms. The molecule has 1 saturated heterocycles. The number of piperazine rings is 1. The Balaban J connectivity index is 2.32. The minimum atomic E-state index is -4.59. The molecule has 0 aromatic heterocycles. The van der Waals surface area contributed by atoms with E-state index >= 15 is 0 Å². The lowest BCUT2D eigenvalue weighted by molar-refractivity contribution is 0.103. The summed E-state index contributed by atoms with van der Waals surface area (Å²) in [6, 6.07) is 0. The molecule has 0 amide bonds. The number of aliphatic hydroxyl groups excluding tert-OH is 1. The first-order valence-corrected chi connectivity index (χ1v) is 6.59. The lowest BCUT2D eigenvalue weighted by Gasteiger charge is -2.34. The fraction of sp³-hybridized carbons (Fsp3) is 1.00. The van der Waals surface area contributed by atoms with E-state index in [-0.39, 0.29) is 13.2 Å². The second kappa shape index (κ2) is 5.87. The molecule has 1 aliphatic heterocycles. The van der Waals surface area contributed by atoms with Crippen LogP contribution in [0.3, 0.4) is 0 Å². The van der Waals surface area contributed by atoms with Gasteiger partial charge in [0.2, 0.25) is 5.50 Å². The number of hydrogen-bond acceptors (Lipinski definition) is 5. The van der Waals surface area contributed by atoms with Gasteiger partial charge in [0.05, 0.1) is 6.61 Å². The summed E-state index contributed by atoms with van der Waals surface area (Å²) in [6.45, 7) is 2.76. The topological polar surface area (TPSA) is 81.1 Å². The van der Waals surface area contributed by atoms with Crippen molar-refractivity contribution in [3.05, 3.63) is 0 Å². The van der Waals surface area contributed by atoms with Crippen molar-refractivity contribution in [1.29, 1.82) is 0 Å². The van der Waals surface area contributed by atoms with Crippen LogP contribution in [0.25, 0.3) is 0 Å². The van der Waals surface area contributed by atoms with Crippen LogP contribution in [0.2, 0.25) is 0 Å². The maximum Gasteiger partial charge on any atom is 0.298 e. The molecular formula is C8H17FN2O4S. The Labute approximate surface area is 94.4 Å². The van der Waals surface area contributed by atoms with Gasteiger partial charge in [-0.1, -0.05) is 0 Å². The molecule has 0 radical (unpaired) electrons. The normalized spacial score (nSPS) is 22.2. The maximum atomic E-state index is 13.0. The summed E-state index contributed by atoms with van der Waals surface area (Å²) >= 11 is 0. The number of aliphatic hydroxyl groups is 1. The van der Waals surface area contributed by atoms with Crippen molar-refractivity contribution in [2.24, 2.45) is 0 Å². The van der Waals surface area contributed by atoms with E-state index in [1.54, 1.807) is 4.90 Å². The second-order valence-electron chi connectivity index (χ2n) is 3.79. The van der Waals surface area contributed by atoms with E-state index in [0.717, 1.165) is 0 Å². The zero-order chi connectivity index (χ0) is 12.2. The summed E-state index contributed by atoms with van der Waals surface area (Å²) in [5.74, 6) is 0. The van der Waals surface area contributed by atoms with Gasteiger partial charge in [0.15, 0.2) is 0 Å². The number of β-amino-alcohol motifs (C(OH)–C–C–N with tert-alkyl or cyclic N) is 1. The van der Waals surface area contributed by atoms with Crippen molar-refractivity contribution >= 4 is 10.1 Å². The molecule has 0 aromatic rings. The van der Waals surface area contributed by atoms with E-state index in [9.17, 15) is 12.8 Å². The van der Waals surface area contributed by atoms with Crippen LogP contribution in [0.5, 0.6) is 0 Å². The van der Waals surface area contributed by atoms with E-state index in [2.05, 4.69) is 0 Å². The smallest absolute Gasteiger partial charge is 0.298 e. The fourth-order valence-electron chi connectivity index (χ4n) is 1.63. The highest BCUT2D eigenvalue weighted by Gasteiger charge is 2.26. The third-order valence-electron chi connectivity index (χ3n) is 2.61. The molecule has 2 N–H and O–H groups in total. The quantitative estimate of drug-likeness (QED) is 0.600. The molecule has 6 nitrogen and oxygen atoms in total. The molecular weight excluding hydrogens is 239 g/mol. The van der Waals surface area contributed by atoms with Gasteiger partial charge in [-0.3, -0.25) is 14.4 Å². The number of hydrogen-bond donors (Lipinski definition) is 2. The minimum Gasteiger partial charge on any atom is -0.395 e. The Hall–Kier alpha value is -0.280. The first-order valence-electron chi connectivity index (χ1n) is 5.09. The lowest BCUT2D eigenvalue weighted by Crippen LogP contribution is -2.49. The van der Waals surface area contributed by atoms with Crippen molar-refractivity contribution < 1.29 is 22.5 Å².